The SMILES string of the molecule is CCNCC(C)N1CC(C)(C)OC(C)(C)C1. The van der Waals surface area contributed by atoms with Crippen LogP contribution in [0, 0.1) is 0 Å². The van der Waals surface area contributed by atoms with Gasteiger partial charge in [0.25, 0.3) is 0 Å². The lowest BCUT2D eigenvalue weighted by molar-refractivity contribution is -0.186. The predicted octanol–water partition coefficient (Wildman–Crippen LogP) is 1.87. The largest absolute Gasteiger partial charge is 0.367 e. The topological polar surface area (TPSA) is 24.5 Å². The molecule has 1 unspecified atom stereocenters. The summed E-state index contributed by atoms with van der Waals surface area (Å²) in [5.41, 5.74) is -0.0789. The van der Waals surface area contributed by atoms with Crippen molar-refractivity contribution in [2.75, 3.05) is 26.2 Å². The second-order valence-corrected chi connectivity index (χ2v) is 6.18. The van der Waals surface area contributed by atoms with Crippen LogP contribution in [0.25, 0.3) is 0 Å². The first-order valence-corrected chi connectivity index (χ1v) is 6.41. The first-order chi connectivity index (χ1) is 7.26. The lowest BCUT2D eigenvalue weighted by Gasteiger charge is -2.49. The van der Waals surface area contributed by atoms with Gasteiger partial charge in [-0.15, -0.1) is 0 Å². The molecule has 0 spiro atoms. The Morgan fingerprint density at radius 2 is 1.69 bits per heavy atom. The number of nitrogens with one attached hydrogen (secondary N) is 1. The van der Waals surface area contributed by atoms with Crippen LogP contribution in [0.4, 0.5) is 0 Å². The molecule has 0 bridgehead atoms. The summed E-state index contributed by atoms with van der Waals surface area (Å²) in [6.45, 7) is 17.3. The average Bonchev–Trinajstić information content (AvgIpc) is 2.09. The van der Waals surface area contributed by atoms with Crippen LogP contribution in [0.5, 0.6) is 0 Å². The molecule has 96 valence electrons. The van der Waals surface area contributed by atoms with Crippen LogP contribution in [0.1, 0.15) is 41.5 Å². The molecule has 0 amide bonds. The maximum Gasteiger partial charge on any atom is 0.0760 e. The molecule has 1 heterocycles. The minimum atomic E-state index is -0.0395. The lowest BCUT2D eigenvalue weighted by atomic mass is 9.97. The monoisotopic (exact) mass is 228 g/mol. The first-order valence-electron chi connectivity index (χ1n) is 6.41. The van der Waals surface area contributed by atoms with Gasteiger partial charge in [-0.05, 0) is 41.2 Å². The van der Waals surface area contributed by atoms with Crippen LogP contribution < -0.4 is 5.32 Å². The minimum Gasteiger partial charge on any atom is -0.367 e. The van der Waals surface area contributed by atoms with Gasteiger partial charge in [-0.3, -0.25) is 4.90 Å². The van der Waals surface area contributed by atoms with Crippen molar-refractivity contribution in [3.8, 4) is 0 Å². The van der Waals surface area contributed by atoms with Crippen molar-refractivity contribution in [3.05, 3.63) is 0 Å². The third kappa shape index (κ3) is 4.04. The molecule has 1 rings (SSSR count). The highest BCUT2D eigenvalue weighted by molar-refractivity contribution is 4.91. The summed E-state index contributed by atoms with van der Waals surface area (Å²) in [6.07, 6.45) is 0. The summed E-state index contributed by atoms with van der Waals surface area (Å²) in [4.78, 5) is 2.53. The zero-order valence-electron chi connectivity index (χ0n) is 11.8. The number of morpholine rings is 1. The fourth-order valence-corrected chi connectivity index (χ4v) is 2.64. The van der Waals surface area contributed by atoms with Crippen molar-refractivity contribution < 1.29 is 4.74 Å². The van der Waals surface area contributed by atoms with Gasteiger partial charge in [-0.2, -0.15) is 0 Å². The van der Waals surface area contributed by atoms with E-state index in [1.165, 1.54) is 0 Å². The molecule has 1 N–H and O–H groups in total. The molecule has 1 atom stereocenters. The standard InChI is InChI=1S/C13H28N2O/c1-7-14-8-11(2)15-9-12(3,4)16-13(5,6)10-15/h11,14H,7-10H2,1-6H3. The number of hydrogen-bond donors (Lipinski definition) is 1. The molecular weight excluding hydrogens is 200 g/mol. The molecule has 16 heavy (non-hydrogen) atoms. The summed E-state index contributed by atoms with van der Waals surface area (Å²) in [7, 11) is 0. The minimum absolute atomic E-state index is 0.0395. The third-order valence-corrected chi connectivity index (χ3v) is 3.03. The van der Waals surface area contributed by atoms with Gasteiger partial charge in [0.2, 0.25) is 0 Å². The Hall–Kier alpha value is -0.120. The van der Waals surface area contributed by atoms with Crippen LogP contribution in [0.2, 0.25) is 0 Å². The van der Waals surface area contributed by atoms with E-state index in [4.69, 9.17) is 4.74 Å². The maximum atomic E-state index is 6.08. The lowest BCUT2D eigenvalue weighted by Crippen LogP contribution is -2.60. The maximum absolute atomic E-state index is 6.08. The van der Waals surface area contributed by atoms with Gasteiger partial charge in [0, 0.05) is 25.7 Å². The van der Waals surface area contributed by atoms with Crippen LogP contribution in [0.15, 0.2) is 0 Å². The molecule has 0 radical (unpaired) electrons. The number of hydrogen-bond acceptors (Lipinski definition) is 3. The summed E-state index contributed by atoms with van der Waals surface area (Å²) in [6, 6.07) is 0.572. The molecule has 0 aliphatic carbocycles. The van der Waals surface area contributed by atoms with E-state index in [0.29, 0.717) is 6.04 Å². The fraction of sp³-hybridized carbons (Fsp3) is 1.00. The van der Waals surface area contributed by atoms with Crippen LogP contribution in [-0.4, -0.2) is 48.3 Å². The molecule has 0 aromatic carbocycles. The zero-order chi connectivity index (χ0) is 12.4. The highest BCUT2D eigenvalue weighted by atomic mass is 16.5. The summed E-state index contributed by atoms with van der Waals surface area (Å²) < 4.78 is 6.08. The second-order valence-electron chi connectivity index (χ2n) is 6.18. The second kappa shape index (κ2) is 5.03. The van der Waals surface area contributed by atoms with Crippen molar-refractivity contribution in [2.45, 2.75) is 58.8 Å². The number of likely N-dealkylation sites (N-methyl/N-ethyl adjacent to an activating group) is 1. The molecule has 1 fully saturated rings. The van der Waals surface area contributed by atoms with Crippen molar-refractivity contribution in [1.29, 1.82) is 0 Å². The van der Waals surface area contributed by atoms with Gasteiger partial charge in [-0.1, -0.05) is 6.92 Å². The van der Waals surface area contributed by atoms with Crippen LogP contribution in [-0.2, 0) is 4.74 Å². The molecule has 3 heteroatoms. The zero-order valence-corrected chi connectivity index (χ0v) is 11.8. The Kier molecular flexibility index (Phi) is 4.38. The van der Waals surface area contributed by atoms with Gasteiger partial charge in [0.05, 0.1) is 11.2 Å². The highest BCUT2D eigenvalue weighted by Gasteiger charge is 2.39. The normalized spacial score (nSPS) is 26.6. The van der Waals surface area contributed by atoms with Crippen molar-refractivity contribution in [1.82, 2.24) is 10.2 Å². The van der Waals surface area contributed by atoms with E-state index in [-0.39, 0.29) is 11.2 Å². The van der Waals surface area contributed by atoms with E-state index in [1.807, 2.05) is 0 Å². The van der Waals surface area contributed by atoms with Gasteiger partial charge < -0.3 is 10.1 Å². The van der Waals surface area contributed by atoms with Gasteiger partial charge in [0.1, 0.15) is 0 Å². The third-order valence-electron chi connectivity index (χ3n) is 3.03. The number of rotatable bonds is 4. The molecule has 1 aliphatic rings. The highest BCUT2D eigenvalue weighted by Crippen LogP contribution is 2.28. The average molecular weight is 228 g/mol. The Labute approximate surface area is 101 Å². The van der Waals surface area contributed by atoms with E-state index in [1.54, 1.807) is 0 Å². The van der Waals surface area contributed by atoms with E-state index in [0.717, 1.165) is 26.2 Å². The first kappa shape index (κ1) is 13.9. The van der Waals surface area contributed by atoms with Crippen LogP contribution >= 0.6 is 0 Å². The van der Waals surface area contributed by atoms with Gasteiger partial charge >= 0.3 is 0 Å². The van der Waals surface area contributed by atoms with E-state index < -0.39 is 0 Å². The van der Waals surface area contributed by atoms with Crippen molar-refractivity contribution >= 4 is 0 Å². The van der Waals surface area contributed by atoms with Crippen molar-refractivity contribution in [2.24, 2.45) is 0 Å². The Morgan fingerprint density at radius 3 is 2.12 bits per heavy atom. The molecule has 1 aliphatic heterocycles. The molecule has 3 nitrogen and oxygen atoms in total. The Balaban J connectivity index is 2.59. The van der Waals surface area contributed by atoms with Gasteiger partial charge in [-0.25, -0.2) is 0 Å². The van der Waals surface area contributed by atoms with E-state index in [9.17, 15) is 0 Å². The number of ether oxygens (including phenoxy) is 1. The molecule has 0 aromatic rings. The van der Waals surface area contributed by atoms with Crippen LogP contribution in [0.3, 0.4) is 0 Å². The quantitative estimate of drug-likeness (QED) is 0.795. The van der Waals surface area contributed by atoms with Gasteiger partial charge in [0.15, 0.2) is 0 Å². The Bertz CT molecular complexity index is 210. The number of nitrogens with zero attached hydrogens (tertiary/aromatic N) is 1. The molecular formula is C13H28N2O. The predicted molar refractivity (Wildman–Crippen MR) is 68.8 cm³/mol. The van der Waals surface area contributed by atoms with E-state index >= 15 is 0 Å². The molecule has 0 saturated carbocycles. The Morgan fingerprint density at radius 1 is 1.19 bits per heavy atom. The fourth-order valence-electron chi connectivity index (χ4n) is 2.64. The smallest absolute Gasteiger partial charge is 0.0760 e. The summed E-state index contributed by atoms with van der Waals surface area (Å²) in [5.74, 6) is 0. The summed E-state index contributed by atoms with van der Waals surface area (Å²) in [5, 5.41) is 3.42. The molecule has 1 saturated heterocycles. The summed E-state index contributed by atoms with van der Waals surface area (Å²) >= 11 is 0. The van der Waals surface area contributed by atoms with E-state index in [2.05, 4.69) is 51.8 Å². The van der Waals surface area contributed by atoms with Crippen molar-refractivity contribution in [3.63, 3.8) is 0 Å². The molecule has 0 aromatic heterocycles.